The number of carbonyl (C=O) groups excluding carboxylic acids is 2. The van der Waals surface area contributed by atoms with E-state index in [-0.39, 0.29) is 36.1 Å². The minimum absolute atomic E-state index is 0.0821. The Morgan fingerprint density at radius 3 is 3.06 bits per heavy atom. The van der Waals surface area contributed by atoms with E-state index >= 15 is 0 Å². The second-order valence-corrected chi connectivity index (χ2v) is 5.05. The number of ether oxygens (including phenoxy) is 2. The molecule has 4 atom stereocenters. The number of nitrogens with zero attached hydrogens (tertiary/aromatic N) is 1. The molecule has 0 N–H and O–H groups in total. The highest BCUT2D eigenvalue weighted by molar-refractivity contribution is 5.75. The van der Waals surface area contributed by atoms with Crippen molar-refractivity contribution in [3.05, 3.63) is 0 Å². The predicted octanol–water partition coefficient (Wildman–Crippen LogP) is 0.259. The molecule has 3 fully saturated rings. The summed E-state index contributed by atoms with van der Waals surface area (Å²) in [7, 11) is 0. The summed E-state index contributed by atoms with van der Waals surface area (Å²) in [5, 5.41) is 1.86. The van der Waals surface area contributed by atoms with Crippen LogP contribution in [0.5, 0.6) is 0 Å². The molecule has 3 saturated heterocycles. The molecular weight excluding hydrogens is 238 g/mol. The van der Waals surface area contributed by atoms with Gasteiger partial charge in [-0.15, -0.1) is 0 Å². The van der Waals surface area contributed by atoms with Gasteiger partial charge in [-0.05, 0) is 12.8 Å². The first-order valence-corrected chi connectivity index (χ1v) is 6.44. The Labute approximate surface area is 105 Å². The third kappa shape index (κ3) is 1.89. The van der Waals surface area contributed by atoms with Crippen LogP contribution in [0.15, 0.2) is 0 Å². The summed E-state index contributed by atoms with van der Waals surface area (Å²) in [5.74, 6) is -0.882. The maximum atomic E-state index is 12.0. The summed E-state index contributed by atoms with van der Waals surface area (Å²) in [6.07, 6.45) is 1.70. The topological polar surface area (TPSA) is 65.1 Å². The SMILES string of the molecule is CC(=O)O[C@@H]1CCOC(=O)[C@H]2[C@@H]1ON1CCC[C@H]21. The molecular formula is C12H17NO5. The van der Waals surface area contributed by atoms with Crippen molar-refractivity contribution in [2.24, 2.45) is 5.92 Å². The van der Waals surface area contributed by atoms with Gasteiger partial charge in [0.05, 0.1) is 12.6 Å². The lowest BCUT2D eigenvalue weighted by Gasteiger charge is -2.22. The third-order valence-electron chi connectivity index (χ3n) is 3.88. The zero-order chi connectivity index (χ0) is 12.7. The number of hydrogen-bond acceptors (Lipinski definition) is 6. The zero-order valence-corrected chi connectivity index (χ0v) is 10.3. The van der Waals surface area contributed by atoms with E-state index in [0.717, 1.165) is 19.4 Å². The van der Waals surface area contributed by atoms with Gasteiger partial charge in [0.15, 0.2) is 0 Å². The largest absolute Gasteiger partial charge is 0.465 e. The summed E-state index contributed by atoms with van der Waals surface area (Å²) in [5.41, 5.74) is 0. The van der Waals surface area contributed by atoms with Crippen molar-refractivity contribution in [2.45, 2.75) is 44.4 Å². The molecule has 3 rings (SSSR count). The minimum Gasteiger partial charge on any atom is -0.465 e. The number of carbonyl (C=O) groups is 2. The van der Waals surface area contributed by atoms with Gasteiger partial charge in [0.2, 0.25) is 0 Å². The molecule has 18 heavy (non-hydrogen) atoms. The molecule has 6 nitrogen and oxygen atoms in total. The van der Waals surface area contributed by atoms with Gasteiger partial charge in [-0.25, -0.2) is 0 Å². The maximum absolute atomic E-state index is 12.0. The van der Waals surface area contributed by atoms with Crippen molar-refractivity contribution < 1.29 is 23.9 Å². The van der Waals surface area contributed by atoms with E-state index in [1.54, 1.807) is 0 Å². The lowest BCUT2D eigenvalue weighted by Crippen LogP contribution is -2.39. The Kier molecular flexibility index (Phi) is 2.99. The van der Waals surface area contributed by atoms with Crippen molar-refractivity contribution >= 4 is 11.9 Å². The number of fused-ring (bicyclic) bond motifs is 3. The summed E-state index contributed by atoms with van der Waals surface area (Å²) < 4.78 is 10.5. The number of esters is 2. The highest BCUT2D eigenvalue weighted by atomic mass is 16.7. The number of hydroxylamine groups is 2. The summed E-state index contributed by atoms with van der Waals surface area (Å²) in [6.45, 7) is 2.50. The molecule has 0 saturated carbocycles. The first kappa shape index (κ1) is 11.9. The van der Waals surface area contributed by atoms with E-state index in [9.17, 15) is 9.59 Å². The van der Waals surface area contributed by atoms with Crippen LogP contribution in [-0.2, 0) is 23.9 Å². The van der Waals surface area contributed by atoms with Gasteiger partial charge in [-0.2, -0.15) is 5.06 Å². The van der Waals surface area contributed by atoms with Crippen LogP contribution >= 0.6 is 0 Å². The van der Waals surface area contributed by atoms with Gasteiger partial charge in [0.1, 0.15) is 18.1 Å². The van der Waals surface area contributed by atoms with E-state index in [0.29, 0.717) is 13.0 Å². The molecule has 0 aromatic rings. The number of cyclic esters (lactones) is 1. The van der Waals surface area contributed by atoms with Gasteiger partial charge in [0, 0.05) is 19.9 Å². The van der Waals surface area contributed by atoms with Crippen molar-refractivity contribution in [3.8, 4) is 0 Å². The quantitative estimate of drug-likeness (QED) is 0.626. The van der Waals surface area contributed by atoms with Crippen LogP contribution in [0.3, 0.4) is 0 Å². The first-order valence-electron chi connectivity index (χ1n) is 6.44. The minimum atomic E-state index is -0.385. The van der Waals surface area contributed by atoms with Crippen molar-refractivity contribution in [3.63, 3.8) is 0 Å². The van der Waals surface area contributed by atoms with E-state index in [1.165, 1.54) is 6.92 Å². The molecule has 6 heteroatoms. The van der Waals surface area contributed by atoms with Gasteiger partial charge in [-0.1, -0.05) is 0 Å². The average Bonchev–Trinajstić information content (AvgIpc) is 2.82. The molecule has 3 aliphatic heterocycles. The summed E-state index contributed by atoms with van der Waals surface area (Å²) in [6, 6.07) is 0.0821. The Morgan fingerprint density at radius 1 is 1.44 bits per heavy atom. The lowest BCUT2D eigenvalue weighted by molar-refractivity contribution is -0.189. The Morgan fingerprint density at radius 2 is 2.28 bits per heavy atom. The molecule has 100 valence electrons. The molecule has 3 aliphatic rings. The van der Waals surface area contributed by atoms with Crippen LogP contribution in [0.2, 0.25) is 0 Å². The second-order valence-electron chi connectivity index (χ2n) is 5.05. The van der Waals surface area contributed by atoms with Crippen LogP contribution in [0.1, 0.15) is 26.2 Å². The average molecular weight is 255 g/mol. The van der Waals surface area contributed by atoms with Crippen molar-refractivity contribution in [1.82, 2.24) is 5.06 Å². The number of rotatable bonds is 1. The first-order chi connectivity index (χ1) is 8.66. The van der Waals surface area contributed by atoms with Gasteiger partial charge in [-0.3, -0.25) is 14.4 Å². The lowest BCUT2D eigenvalue weighted by atomic mass is 9.90. The van der Waals surface area contributed by atoms with E-state index < -0.39 is 0 Å². The van der Waals surface area contributed by atoms with Crippen LogP contribution in [0, 0.1) is 5.92 Å². The Hall–Kier alpha value is -1.14. The molecule has 0 aromatic carbocycles. The smallest absolute Gasteiger partial charge is 0.313 e. The van der Waals surface area contributed by atoms with Crippen LogP contribution in [0.25, 0.3) is 0 Å². The Bertz CT molecular complexity index is 371. The van der Waals surface area contributed by atoms with E-state index in [4.69, 9.17) is 14.3 Å². The molecule has 0 bridgehead atoms. The van der Waals surface area contributed by atoms with E-state index in [2.05, 4.69) is 0 Å². The molecule has 0 amide bonds. The zero-order valence-electron chi connectivity index (χ0n) is 10.3. The fourth-order valence-electron chi connectivity index (χ4n) is 3.16. The van der Waals surface area contributed by atoms with Crippen molar-refractivity contribution in [1.29, 1.82) is 0 Å². The third-order valence-corrected chi connectivity index (χ3v) is 3.88. The summed E-state index contributed by atoms with van der Waals surface area (Å²) in [4.78, 5) is 28.9. The highest BCUT2D eigenvalue weighted by Gasteiger charge is 2.54. The second kappa shape index (κ2) is 4.51. The molecule has 0 unspecified atom stereocenters. The van der Waals surface area contributed by atoms with Gasteiger partial charge < -0.3 is 9.47 Å². The number of hydrogen-bond donors (Lipinski definition) is 0. The van der Waals surface area contributed by atoms with E-state index in [1.807, 2.05) is 5.06 Å². The van der Waals surface area contributed by atoms with Gasteiger partial charge >= 0.3 is 11.9 Å². The fourth-order valence-corrected chi connectivity index (χ4v) is 3.16. The highest BCUT2D eigenvalue weighted by Crippen LogP contribution is 2.39. The monoisotopic (exact) mass is 255 g/mol. The fraction of sp³-hybridized carbons (Fsp3) is 0.833. The standard InChI is InChI=1S/C12H17NO5/c1-7(14)17-9-4-6-16-12(15)10-8-3-2-5-13(8)18-11(9)10/h8-11H,2-6H2,1H3/t8-,9-,10-,11-/m1/s1. The molecule has 3 heterocycles. The molecule has 0 spiro atoms. The van der Waals surface area contributed by atoms with Gasteiger partial charge in [0.25, 0.3) is 0 Å². The predicted molar refractivity (Wildman–Crippen MR) is 59.2 cm³/mol. The van der Waals surface area contributed by atoms with Crippen LogP contribution < -0.4 is 0 Å². The Balaban J connectivity index is 1.83. The van der Waals surface area contributed by atoms with Crippen LogP contribution in [-0.4, -0.2) is 48.4 Å². The molecule has 0 aromatic heterocycles. The van der Waals surface area contributed by atoms with Crippen molar-refractivity contribution in [2.75, 3.05) is 13.2 Å². The van der Waals surface area contributed by atoms with Crippen LogP contribution in [0.4, 0.5) is 0 Å². The molecule has 0 radical (unpaired) electrons. The normalized spacial score (nSPS) is 39.7. The molecule has 0 aliphatic carbocycles. The summed E-state index contributed by atoms with van der Waals surface area (Å²) >= 11 is 0. The maximum Gasteiger partial charge on any atom is 0.313 e.